The molecule has 0 bridgehead atoms. The smallest absolute Gasteiger partial charge is 0.243 e. The zero-order chi connectivity index (χ0) is 27.0. The van der Waals surface area contributed by atoms with Crippen molar-refractivity contribution in [2.75, 3.05) is 49.7 Å². The van der Waals surface area contributed by atoms with Crippen molar-refractivity contribution >= 4 is 48.6 Å². The highest BCUT2D eigenvalue weighted by Crippen LogP contribution is 2.34. The Bertz CT molecular complexity index is 1600. The van der Waals surface area contributed by atoms with Crippen molar-refractivity contribution in [2.45, 2.75) is 31.6 Å². The first-order valence-corrected chi connectivity index (χ1v) is 15.5. The minimum Gasteiger partial charge on any atom is -0.379 e. The average Bonchev–Trinajstić information content (AvgIpc) is 3.68. The van der Waals surface area contributed by atoms with Gasteiger partial charge in [-0.2, -0.15) is 9.41 Å². The third-order valence-corrected chi connectivity index (χ3v) is 10.2. The Morgan fingerprint density at radius 2 is 1.77 bits per heavy atom. The predicted molar refractivity (Wildman–Crippen MR) is 157 cm³/mol. The van der Waals surface area contributed by atoms with Crippen molar-refractivity contribution in [2.24, 2.45) is 5.10 Å². The fourth-order valence-electron chi connectivity index (χ4n) is 5.37. The van der Waals surface area contributed by atoms with E-state index < -0.39 is 10.0 Å². The number of nitrogens with one attached hydrogen (secondary N) is 1. The van der Waals surface area contributed by atoms with E-state index in [2.05, 4.69) is 31.0 Å². The number of fused-ring (bicyclic) bond motifs is 1. The number of benzene rings is 2. The summed E-state index contributed by atoms with van der Waals surface area (Å²) in [5.74, 6) is 0. The molecule has 204 valence electrons. The number of nitrogens with zero attached hydrogens (tertiary/aromatic N) is 5. The normalized spacial score (nSPS) is 17.0. The van der Waals surface area contributed by atoms with E-state index in [-0.39, 0.29) is 0 Å². The fraction of sp³-hybridized carbons (Fsp3) is 0.357. The van der Waals surface area contributed by atoms with Crippen molar-refractivity contribution < 1.29 is 13.2 Å². The molecule has 0 atom stereocenters. The number of hydrazone groups is 1. The first kappa shape index (κ1) is 26.0. The number of anilines is 2. The van der Waals surface area contributed by atoms with Crippen LogP contribution in [0.5, 0.6) is 0 Å². The van der Waals surface area contributed by atoms with Crippen LogP contribution < -0.4 is 10.3 Å². The van der Waals surface area contributed by atoms with Crippen LogP contribution in [0, 0.1) is 13.8 Å². The fourth-order valence-corrected chi connectivity index (χ4v) is 7.61. The Morgan fingerprint density at radius 1 is 1.00 bits per heavy atom. The summed E-state index contributed by atoms with van der Waals surface area (Å²) in [7, 11) is -3.63. The van der Waals surface area contributed by atoms with E-state index in [1.165, 1.54) is 4.31 Å². The lowest BCUT2D eigenvalue weighted by molar-refractivity contribution is 0.0730. The van der Waals surface area contributed by atoms with Gasteiger partial charge >= 0.3 is 0 Å². The van der Waals surface area contributed by atoms with E-state index in [1.807, 2.05) is 50.2 Å². The Morgan fingerprint density at radius 3 is 2.54 bits per heavy atom. The molecule has 4 heterocycles. The van der Waals surface area contributed by atoms with Gasteiger partial charge in [-0.15, -0.1) is 0 Å². The SMILES string of the molecule is Cc1cc(/C=N\Nc2nc3ccccc3s2)c(C)n1-c1cc(S(=O)(=O)N2CCOCC2)ccc1N1CCCC1. The van der Waals surface area contributed by atoms with Crippen LogP contribution in [0.15, 0.2) is 58.5 Å². The van der Waals surface area contributed by atoms with Gasteiger partial charge in [0.1, 0.15) is 0 Å². The summed E-state index contributed by atoms with van der Waals surface area (Å²) in [6.07, 6.45) is 4.06. The lowest BCUT2D eigenvalue weighted by Gasteiger charge is -2.28. The molecule has 0 aliphatic carbocycles. The van der Waals surface area contributed by atoms with Crippen molar-refractivity contribution in [3.05, 3.63) is 65.5 Å². The van der Waals surface area contributed by atoms with Crippen LogP contribution in [0.3, 0.4) is 0 Å². The third kappa shape index (κ3) is 5.07. The number of para-hydroxylation sites is 1. The molecule has 39 heavy (non-hydrogen) atoms. The van der Waals surface area contributed by atoms with Gasteiger partial charge in [0.25, 0.3) is 0 Å². The quantitative estimate of drug-likeness (QED) is 0.257. The van der Waals surface area contributed by atoms with Gasteiger partial charge in [0.2, 0.25) is 15.2 Å². The van der Waals surface area contributed by atoms with Gasteiger partial charge in [0.15, 0.2) is 0 Å². The molecule has 6 rings (SSSR count). The van der Waals surface area contributed by atoms with E-state index in [9.17, 15) is 8.42 Å². The highest BCUT2D eigenvalue weighted by Gasteiger charge is 2.28. The molecule has 0 spiro atoms. The molecule has 2 aromatic heterocycles. The number of thiazole rings is 1. The first-order valence-electron chi connectivity index (χ1n) is 13.2. The van der Waals surface area contributed by atoms with E-state index in [0.717, 1.165) is 69.6 Å². The van der Waals surface area contributed by atoms with Crippen molar-refractivity contribution in [1.29, 1.82) is 0 Å². The Kier molecular flexibility index (Phi) is 7.15. The molecule has 2 aliphatic heterocycles. The monoisotopic (exact) mass is 564 g/mol. The van der Waals surface area contributed by atoms with Crippen LogP contribution in [-0.2, 0) is 14.8 Å². The summed E-state index contributed by atoms with van der Waals surface area (Å²) in [5, 5.41) is 5.20. The van der Waals surface area contributed by atoms with Crippen LogP contribution in [0.25, 0.3) is 15.9 Å². The van der Waals surface area contributed by atoms with Gasteiger partial charge in [-0.05, 0) is 63.1 Å². The highest BCUT2D eigenvalue weighted by atomic mass is 32.2. The first-order chi connectivity index (χ1) is 18.9. The molecule has 0 radical (unpaired) electrons. The van der Waals surface area contributed by atoms with Gasteiger partial charge in [-0.25, -0.2) is 13.4 Å². The van der Waals surface area contributed by atoms with Crippen LogP contribution in [0.4, 0.5) is 10.8 Å². The molecule has 0 saturated carbocycles. The molecule has 9 nitrogen and oxygen atoms in total. The van der Waals surface area contributed by atoms with Crippen LogP contribution in [0.2, 0.25) is 0 Å². The van der Waals surface area contributed by atoms with Crippen LogP contribution in [0.1, 0.15) is 29.8 Å². The molecule has 2 aliphatic rings. The average molecular weight is 565 g/mol. The maximum absolute atomic E-state index is 13.5. The van der Waals surface area contributed by atoms with E-state index in [4.69, 9.17) is 4.74 Å². The lowest BCUT2D eigenvalue weighted by atomic mass is 10.2. The van der Waals surface area contributed by atoms with Crippen molar-refractivity contribution in [1.82, 2.24) is 13.9 Å². The molecule has 2 aromatic carbocycles. The van der Waals surface area contributed by atoms with Gasteiger partial charge in [-0.3, -0.25) is 5.43 Å². The molecule has 0 amide bonds. The molecule has 4 aromatic rings. The molecular formula is C28H32N6O3S2. The minimum absolute atomic E-state index is 0.308. The summed E-state index contributed by atoms with van der Waals surface area (Å²) >= 11 is 1.56. The number of ether oxygens (including phenoxy) is 1. The Hall–Kier alpha value is -3.25. The van der Waals surface area contributed by atoms with Crippen molar-refractivity contribution in [3.63, 3.8) is 0 Å². The molecule has 2 fully saturated rings. The lowest BCUT2D eigenvalue weighted by Crippen LogP contribution is -2.40. The summed E-state index contributed by atoms with van der Waals surface area (Å²) in [4.78, 5) is 7.23. The summed E-state index contributed by atoms with van der Waals surface area (Å²) < 4.78 is 37.2. The number of hydrogen-bond donors (Lipinski definition) is 1. The standard InChI is InChI=1S/C28H32N6O3S2/c1-20-17-22(19-29-31-28-30-24-7-3-4-8-27(24)38-28)21(2)34(20)26-18-23(9-10-25(26)32-11-5-6-12-32)39(35,36)33-13-15-37-16-14-33/h3-4,7-10,17-19H,5-6,11-16H2,1-2H3,(H,30,31)/b29-19-. The highest BCUT2D eigenvalue weighted by molar-refractivity contribution is 7.89. The molecular weight excluding hydrogens is 532 g/mol. The predicted octanol–water partition coefficient (Wildman–Crippen LogP) is 4.77. The molecule has 11 heteroatoms. The van der Waals surface area contributed by atoms with E-state index >= 15 is 0 Å². The topological polar surface area (TPSA) is 92.1 Å². The summed E-state index contributed by atoms with van der Waals surface area (Å²) in [6.45, 7) is 7.59. The van der Waals surface area contributed by atoms with E-state index in [0.29, 0.717) is 31.2 Å². The molecule has 0 unspecified atom stereocenters. The summed E-state index contributed by atoms with van der Waals surface area (Å²) in [5.41, 5.74) is 8.88. The van der Waals surface area contributed by atoms with Gasteiger partial charge in [-0.1, -0.05) is 23.5 Å². The van der Waals surface area contributed by atoms with Gasteiger partial charge in [0.05, 0.1) is 45.9 Å². The van der Waals surface area contributed by atoms with E-state index in [1.54, 1.807) is 23.6 Å². The number of sulfonamides is 1. The Balaban J connectivity index is 1.35. The second-order valence-electron chi connectivity index (χ2n) is 9.88. The molecule has 1 N–H and O–H groups in total. The zero-order valence-corrected chi connectivity index (χ0v) is 23.8. The van der Waals surface area contributed by atoms with Crippen LogP contribution >= 0.6 is 11.3 Å². The maximum Gasteiger partial charge on any atom is 0.243 e. The number of aromatic nitrogens is 2. The number of aryl methyl sites for hydroxylation is 1. The van der Waals surface area contributed by atoms with Crippen LogP contribution in [-0.4, -0.2) is 67.9 Å². The number of hydrogen-bond acceptors (Lipinski definition) is 8. The maximum atomic E-state index is 13.5. The number of morpholine rings is 1. The second-order valence-corrected chi connectivity index (χ2v) is 12.8. The zero-order valence-electron chi connectivity index (χ0n) is 22.1. The third-order valence-electron chi connectivity index (χ3n) is 7.37. The largest absolute Gasteiger partial charge is 0.379 e. The minimum atomic E-state index is -3.63. The van der Waals surface area contributed by atoms with Gasteiger partial charge < -0.3 is 14.2 Å². The second kappa shape index (κ2) is 10.7. The van der Waals surface area contributed by atoms with Gasteiger partial charge in [0, 0.05) is 43.1 Å². The number of rotatable bonds is 7. The summed E-state index contributed by atoms with van der Waals surface area (Å²) in [6, 6.07) is 15.6. The molecule has 2 saturated heterocycles. The van der Waals surface area contributed by atoms with Crippen molar-refractivity contribution in [3.8, 4) is 5.69 Å². The Labute approximate surface area is 232 Å².